The van der Waals surface area contributed by atoms with E-state index in [9.17, 15) is 19.7 Å². The van der Waals surface area contributed by atoms with E-state index < -0.39 is 22.9 Å². The predicted octanol–water partition coefficient (Wildman–Crippen LogP) is 4.75. The number of carbonyl (C=O) groups excluding carboxylic acids is 2. The summed E-state index contributed by atoms with van der Waals surface area (Å²) in [4.78, 5) is 35.3. The minimum absolute atomic E-state index is 0.0881. The number of aryl methyl sites for hydroxylation is 1. The topological polar surface area (TPSA) is 98.5 Å². The number of nitro groups is 1. The van der Waals surface area contributed by atoms with Gasteiger partial charge in [0.25, 0.3) is 11.6 Å². The number of nitro benzene ring substituents is 1. The lowest BCUT2D eigenvalue weighted by molar-refractivity contribution is -0.385. The van der Waals surface area contributed by atoms with Gasteiger partial charge in [-0.05, 0) is 37.6 Å². The van der Waals surface area contributed by atoms with E-state index in [2.05, 4.69) is 5.32 Å². The average molecular weight is 404 g/mol. The molecule has 0 aliphatic rings. The van der Waals surface area contributed by atoms with Crippen LogP contribution in [0.5, 0.6) is 0 Å². The zero-order chi connectivity index (χ0) is 21.7. The van der Waals surface area contributed by atoms with Crippen molar-refractivity contribution in [2.45, 2.75) is 20.0 Å². The van der Waals surface area contributed by atoms with Gasteiger partial charge in [-0.3, -0.25) is 14.9 Å². The molecule has 30 heavy (non-hydrogen) atoms. The molecule has 7 heteroatoms. The molecule has 1 N–H and O–H groups in total. The standard InChI is InChI=1S/C23H20N2O5/c1-15-14-18(12-13-21(15)25(28)29)23(27)30-16(2)22(26)24-20-11-7-6-10-19(20)17-8-4-3-5-9-17/h3-14,16H,1-2H3,(H,24,26)/t16-/m0/s1. The Hall–Kier alpha value is -4.00. The van der Waals surface area contributed by atoms with Crippen molar-refractivity contribution in [1.29, 1.82) is 0 Å². The van der Waals surface area contributed by atoms with E-state index >= 15 is 0 Å². The highest BCUT2D eigenvalue weighted by atomic mass is 16.6. The Morgan fingerprint density at radius 1 is 1.00 bits per heavy atom. The molecule has 3 aromatic rings. The van der Waals surface area contributed by atoms with Crippen LogP contribution in [0.25, 0.3) is 11.1 Å². The maximum atomic E-state index is 12.6. The Labute approximate surface area is 173 Å². The lowest BCUT2D eigenvalue weighted by Gasteiger charge is -2.16. The molecule has 0 aromatic heterocycles. The Morgan fingerprint density at radius 2 is 1.67 bits per heavy atom. The Kier molecular flexibility index (Phi) is 6.22. The van der Waals surface area contributed by atoms with Gasteiger partial charge in [-0.25, -0.2) is 4.79 Å². The average Bonchev–Trinajstić information content (AvgIpc) is 2.74. The van der Waals surface area contributed by atoms with E-state index in [-0.39, 0.29) is 11.3 Å². The molecule has 0 radical (unpaired) electrons. The van der Waals surface area contributed by atoms with Crippen LogP contribution in [0, 0.1) is 17.0 Å². The molecule has 1 amide bonds. The van der Waals surface area contributed by atoms with Gasteiger partial charge in [0.2, 0.25) is 0 Å². The summed E-state index contributed by atoms with van der Waals surface area (Å²) in [5.74, 6) is -1.21. The third-order valence-corrected chi connectivity index (χ3v) is 4.55. The van der Waals surface area contributed by atoms with Gasteiger partial charge in [-0.15, -0.1) is 0 Å². The fourth-order valence-corrected chi connectivity index (χ4v) is 2.97. The third-order valence-electron chi connectivity index (χ3n) is 4.55. The second kappa shape index (κ2) is 9.00. The van der Waals surface area contributed by atoms with Crippen molar-refractivity contribution in [2.75, 3.05) is 5.32 Å². The number of carbonyl (C=O) groups is 2. The number of nitrogens with zero attached hydrogens (tertiary/aromatic N) is 1. The van der Waals surface area contributed by atoms with E-state index in [1.807, 2.05) is 42.5 Å². The van der Waals surface area contributed by atoms with Gasteiger partial charge < -0.3 is 10.1 Å². The van der Waals surface area contributed by atoms with Crippen LogP contribution < -0.4 is 5.32 Å². The summed E-state index contributed by atoms with van der Waals surface area (Å²) >= 11 is 0. The number of anilines is 1. The summed E-state index contributed by atoms with van der Waals surface area (Å²) in [6.07, 6.45) is -1.06. The van der Waals surface area contributed by atoms with Crippen LogP contribution >= 0.6 is 0 Å². The number of para-hydroxylation sites is 1. The van der Waals surface area contributed by atoms with Crippen molar-refractivity contribution in [3.8, 4) is 11.1 Å². The largest absolute Gasteiger partial charge is 0.449 e. The first-order chi connectivity index (χ1) is 14.4. The number of rotatable bonds is 6. The van der Waals surface area contributed by atoms with Crippen LogP contribution in [0.15, 0.2) is 72.8 Å². The van der Waals surface area contributed by atoms with Crippen LogP contribution in [0.4, 0.5) is 11.4 Å². The number of hydrogen-bond acceptors (Lipinski definition) is 5. The van der Waals surface area contributed by atoms with Crippen LogP contribution in [0.2, 0.25) is 0 Å². The predicted molar refractivity (Wildman–Crippen MR) is 113 cm³/mol. The molecule has 3 aromatic carbocycles. The minimum Gasteiger partial charge on any atom is -0.449 e. The highest BCUT2D eigenvalue weighted by Gasteiger charge is 2.21. The molecule has 0 spiro atoms. The second-order valence-corrected chi connectivity index (χ2v) is 6.71. The molecule has 0 fully saturated rings. The SMILES string of the molecule is Cc1cc(C(=O)O[C@@H](C)C(=O)Nc2ccccc2-c2ccccc2)ccc1[N+](=O)[O-]. The van der Waals surface area contributed by atoms with Crippen molar-refractivity contribution in [3.63, 3.8) is 0 Å². The van der Waals surface area contributed by atoms with E-state index in [1.54, 1.807) is 12.1 Å². The Balaban J connectivity index is 1.71. The Bertz CT molecular complexity index is 1100. The monoisotopic (exact) mass is 404 g/mol. The molecule has 1 atom stereocenters. The molecule has 0 bridgehead atoms. The number of ether oxygens (including phenoxy) is 1. The minimum atomic E-state index is -1.06. The van der Waals surface area contributed by atoms with Gasteiger partial charge in [0.15, 0.2) is 6.10 Å². The van der Waals surface area contributed by atoms with Gasteiger partial charge in [-0.1, -0.05) is 48.5 Å². The van der Waals surface area contributed by atoms with Crippen LogP contribution in [0.3, 0.4) is 0 Å². The lowest BCUT2D eigenvalue weighted by atomic mass is 10.0. The van der Waals surface area contributed by atoms with Gasteiger partial charge in [0.05, 0.1) is 10.5 Å². The number of amides is 1. The van der Waals surface area contributed by atoms with E-state index in [0.29, 0.717) is 11.3 Å². The van der Waals surface area contributed by atoms with Crippen molar-refractivity contribution in [2.24, 2.45) is 0 Å². The Morgan fingerprint density at radius 3 is 2.33 bits per heavy atom. The molecule has 0 saturated heterocycles. The molecular formula is C23H20N2O5. The quantitative estimate of drug-likeness (QED) is 0.363. The van der Waals surface area contributed by atoms with Crippen molar-refractivity contribution >= 4 is 23.3 Å². The first kappa shape index (κ1) is 20.7. The van der Waals surface area contributed by atoms with E-state index in [1.165, 1.54) is 32.0 Å². The molecule has 0 aliphatic carbocycles. The second-order valence-electron chi connectivity index (χ2n) is 6.71. The van der Waals surface area contributed by atoms with Crippen molar-refractivity contribution in [1.82, 2.24) is 0 Å². The molecule has 0 saturated carbocycles. The fraction of sp³-hybridized carbons (Fsp3) is 0.130. The molecule has 7 nitrogen and oxygen atoms in total. The molecular weight excluding hydrogens is 384 g/mol. The summed E-state index contributed by atoms with van der Waals surface area (Å²) in [6.45, 7) is 3.00. The number of benzene rings is 3. The molecule has 0 unspecified atom stereocenters. The molecule has 3 rings (SSSR count). The first-order valence-electron chi connectivity index (χ1n) is 9.28. The van der Waals surface area contributed by atoms with Crippen molar-refractivity contribution < 1.29 is 19.2 Å². The fourth-order valence-electron chi connectivity index (χ4n) is 2.97. The smallest absolute Gasteiger partial charge is 0.338 e. The number of nitrogens with one attached hydrogen (secondary N) is 1. The normalized spacial score (nSPS) is 11.4. The zero-order valence-corrected chi connectivity index (χ0v) is 16.5. The van der Waals surface area contributed by atoms with Gasteiger partial charge in [-0.2, -0.15) is 0 Å². The van der Waals surface area contributed by atoms with Gasteiger partial charge >= 0.3 is 5.97 Å². The molecule has 152 valence electrons. The highest BCUT2D eigenvalue weighted by Crippen LogP contribution is 2.27. The third kappa shape index (κ3) is 4.70. The molecule has 0 heterocycles. The molecule has 0 aliphatic heterocycles. The maximum Gasteiger partial charge on any atom is 0.338 e. The summed E-state index contributed by atoms with van der Waals surface area (Å²) in [7, 11) is 0. The van der Waals surface area contributed by atoms with Gasteiger partial charge in [0, 0.05) is 22.9 Å². The number of hydrogen-bond donors (Lipinski definition) is 1. The summed E-state index contributed by atoms with van der Waals surface area (Å²) < 4.78 is 5.25. The van der Waals surface area contributed by atoms with Crippen LogP contribution in [-0.4, -0.2) is 22.9 Å². The summed E-state index contributed by atoms with van der Waals surface area (Å²) in [5, 5.41) is 13.7. The lowest BCUT2D eigenvalue weighted by Crippen LogP contribution is -2.30. The first-order valence-corrected chi connectivity index (χ1v) is 9.28. The maximum absolute atomic E-state index is 12.6. The number of esters is 1. The van der Waals surface area contributed by atoms with Crippen LogP contribution in [-0.2, 0) is 9.53 Å². The zero-order valence-electron chi connectivity index (χ0n) is 16.5. The van der Waals surface area contributed by atoms with Crippen molar-refractivity contribution in [3.05, 3.63) is 94.0 Å². The summed E-state index contributed by atoms with van der Waals surface area (Å²) in [5.41, 5.74) is 2.78. The summed E-state index contributed by atoms with van der Waals surface area (Å²) in [6, 6.07) is 20.9. The van der Waals surface area contributed by atoms with E-state index in [4.69, 9.17) is 4.74 Å². The van der Waals surface area contributed by atoms with Crippen LogP contribution in [0.1, 0.15) is 22.8 Å². The highest BCUT2D eigenvalue weighted by molar-refractivity contribution is 6.00. The van der Waals surface area contributed by atoms with E-state index in [0.717, 1.165) is 11.1 Å². The van der Waals surface area contributed by atoms with Gasteiger partial charge in [0.1, 0.15) is 0 Å².